The molecule has 0 saturated carbocycles. The second-order valence-corrected chi connectivity index (χ2v) is 3.48. The van der Waals surface area contributed by atoms with Crippen molar-refractivity contribution < 1.29 is 9.53 Å². The van der Waals surface area contributed by atoms with Crippen molar-refractivity contribution in [2.24, 2.45) is 0 Å². The summed E-state index contributed by atoms with van der Waals surface area (Å²) in [6, 6.07) is -0.304. The predicted octanol–water partition coefficient (Wildman–Crippen LogP) is 0.944. The lowest BCUT2D eigenvalue weighted by Gasteiger charge is -2.12. The fraction of sp³-hybridized carbons (Fsp3) is 0.636. The van der Waals surface area contributed by atoms with Gasteiger partial charge < -0.3 is 9.30 Å². The van der Waals surface area contributed by atoms with Gasteiger partial charge in [0.25, 0.3) is 0 Å². The Balaban J connectivity index is 2.42. The van der Waals surface area contributed by atoms with Gasteiger partial charge in [-0.3, -0.25) is 10.1 Å². The quantitative estimate of drug-likeness (QED) is 0.732. The summed E-state index contributed by atoms with van der Waals surface area (Å²) in [5, 5.41) is 3.09. The van der Waals surface area contributed by atoms with Crippen LogP contribution in [0, 0.1) is 0 Å². The number of aromatic nitrogens is 2. The Morgan fingerprint density at radius 3 is 3.00 bits per heavy atom. The Bertz CT molecular complexity index is 336. The van der Waals surface area contributed by atoms with Gasteiger partial charge in [-0.15, -0.1) is 0 Å². The Morgan fingerprint density at radius 1 is 1.62 bits per heavy atom. The van der Waals surface area contributed by atoms with Crippen molar-refractivity contribution in [1.82, 2.24) is 14.9 Å². The van der Waals surface area contributed by atoms with Gasteiger partial charge in [0.1, 0.15) is 11.9 Å². The van der Waals surface area contributed by atoms with Crippen molar-refractivity contribution in [3.8, 4) is 0 Å². The highest BCUT2D eigenvalue weighted by molar-refractivity contribution is 5.75. The predicted molar refractivity (Wildman–Crippen MR) is 60.8 cm³/mol. The van der Waals surface area contributed by atoms with Gasteiger partial charge in [-0.05, 0) is 20.8 Å². The number of hydrogen-bond acceptors (Lipinski definition) is 4. The molecule has 5 heteroatoms. The molecule has 0 amide bonds. The molecule has 90 valence electrons. The summed E-state index contributed by atoms with van der Waals surface area (Å²) >= 11 is 0. The first-order valence-electron chi connectivity index (χ1n) is 5.59. The number of nitrogens with zero attached hydrogens (tertiary/aromatic N) is 2. The first kappa shape index (κ1) is 12.7. The number of nitrogens with one attached hydrogen (secondary N) is 1. The normalized spacial score (nSPS) is 12.4. The zero-order valence-electron chi connectivity index (χ0n) is 10.1. The second kappa shape index (κ2) is 6.27. The third-order valence-corrected chi connectivity index (χ3v) is 2.35. The molecule has 0 aliphatic heterocycles. The summed E-state index contributed by atoms with van der Waals surface area (Å²) in [6.07, 6.45) is 3.68. The molecule has 1 aromatic heterocycles. The van der Waals surface area contributed by atoms with Crippen LogP contribution in [0.25, 0.3) is 0 Å². The van der Waals surface area contributed by atoms with E-state index < -0.39 is 0 Å². The lowest BCUT2D eigenvalue weighted by atomic mass is 10.3. The fourth-order valence-corrected chi connectivity index (χ4v) is 1.39. The van der Waals surface area contributed by atoms with E-state index in [2.05, 4.69) is 17.2 Å². The minimum absolute atomic E-state index is 0.225. The monoisotopic (exact) mass is 225 g/mol. The number of carbonyl (C=O) groups excluding carboxylic acids is 1. The average Bonchev–Trinajstić information content (AvgIpc) is 2.73. The maximum Gasteiger partial charge on any atom is 0.322 e. The van der Waals surface area contributed by atoms with Gasteiger partial charge in [-0.1, -0.05) is 0 Å². The molecule has 16 heavy (non-hydrogen) atoms. The Morgan fingerprint density at radius 2 is 2.38 bits per heavy atom. The highest BCUT2D eigenvalue weighted by Gasteiger charge is 2.13. The molecule has 1 heterocycles. The summed E-state index contributed by atoms with van der Waals surface area (Å²) in [7, 11) is 0. The number of esters is 1. The first-order chi connectivity index (χ1) is 7.69. The third-order valence-electron chi connectivity index (χ3n) is 2.35. The summed E-state index contributed by atoms with van der Waals surface area (Å²) in [5.74, 6) is 0.704. The van der Waals surface area contributed by atoms with Gasteiger partial charge >= 0.3 is 5.97 Å². The van der Waals surface area contributed by atoms with Gasteiger partial charge in [0.05, 0.1) is 13.2 Å². The molecule has 1 unspecified atom stereocenters. The van der Waals surface area contributed by atoms with E-state index in [1.807, 2.05) is 10.8 Å². The number of imidazole rings is 1. The van der Waals surface area contributed by atoms with Crippen LogP contribution >= 0.6 is 0 Å². The van der Waals surface area contributed by atoms with E-state index in [-0.39, 0.29) is 12.0 Å². The SMILES string of the molecule is CCOC(=O)C(C)NCc1nccn1CC. The first-order valence-corrected chi connectivity index (χ1v) is 5.59. The van der Waals surface area contributed by atoms with Crippen molar-refractivity contribution in [1.29, 1.82) is 0 Å². The molecule has 1 rings (SSSR count). The van der Waals surface area contributed by atoms with Crippen molar-refractivity contribution in [2.75, 3.05) is 6.61 Å². The van der Waals surface area contributed by atoms with Crippen molar-refractivity contribution in [2.45, 2.75) is 39.9 Å². The van der Waals surface area contributed by atoms with E-state index in [4.69, 9.17) is 4.74 Å². The van der Waals surface area contributed by atoms with E-state index in [0.29, 0.717) is 13.2 Å². The number of rotatable bonds is 6. The molecule has 0 radical (unpaired) electrons. The maximum atomic E-state index is 11.3. The van der Waals surface area contributed by atoms with Gasteiger partial charge in [0, 0.05) is 18.9 Å². The van der Waals surface area contributed by atoms with Crippen LogP contribution in [0.1, 0.15) is 26.6 Å². The smallest absolute Gasteiger partial charge is 0.322 e. The van der Waals surface area contributed by atoms with Crippen LogP contribution in [0.5, 0.6) is 0 Å². The Kier molecular flexibility index (Phi) is 4.98. The van der Waals surface area contributed by atoms with E-state index >= 15 is 0 Å². The van der Waals surface area contributed by atoms with Crippen LogP contribution in [-0.4, -0.2) is 28.2 Å². The van der Waals surface area contributed by atoms with Crippen LogP contribution in [0.4, 0.5) is 0 Å². The van der Waals surface area contributed by atoms with Gasteiger partial charge in [-0.25, -0.2) is 4.98 Å². The Hall–Kier alpha value is -1.36. The summed E-state index contributed by atoms with van der Waals surface area (Å²) in [6.45, 7) is 7.51. The van der Waals surface area contributed by atoms with Crippen LogP contribution in [0.3, 0.4) is 0 Å². The topological polar surface area (TPSA) is 56.1 Å². The molecule has 0 aliphatic rings. The zero-order chi connectivity index (χ0) is 12.0. The Labute approximate surface area is 95.8 Å². The lowest BCUT2D eigenvalue weighted by Crippen LogP contribution is -2.35. The minimum Gasteiger partial charge on any atom is -0.465 e. The van der Waals surface area contributed by atoms with E-state index in [0.717, 1.165) is 12.4 Å². The minimum atomic E-state index is -0.304. The van der Waals surface area contributed by atoms with Crippen LogP contribution in [-0.2, 0) is 22.6 Å². The van der Waals surface area contributed by atoms with E-state index in [9.17, 15) is 4.79 Å². The molecule has 0 saturated heterocycles. The second-order valence-electron chi connectivity index (χ2n) is 3.48. The van der Waals surface area contributed by atoms with Gasteiger partial charge in [-0.2, -0.15) is 0 Å². The summed E-state index contributed by atoms with van der Waals surface area (Å²) < 4.78 is 6.93. The molecule has 0 aliphatic carbocycles. The summed E-state index contributed by atoms with van der Waals surface area (Å²) in [5.41, 5.74) is 0. The molecule has 5 nitrogen and oxygen atoms in total. The largest absolute Gasteiger partial charge is 0.465 e. The number of ether oxygens (including phenoxy) is 1. The zero-order valence-corrected chi connectivity index (χ0v) is 10.1. The van der Waals surface area contributed by atoms with Crippen LogP contribution in [0.15, 0.2) is 12.4 Å². The average molecular weight is 225 g/mol. The lowest BCUT2D eigenvalue weighted by molar-refractivity contribution is -0.145. The molecule has 0 bridgehead atoms. The van der Waals surface area contributed by atoms with E-state index in [1.54, 1.807) is 20.0 Å². The van der Waals surface area contributed by atoms with Crippen molar-refractivity contribution >= 4 is 5.97 Å². The number of aryl methyl sites for hydroxylation is 1. The molecule has 1 aromatic rings. The van der Waals surface area contributed by atoms with Crippen LogP contribution in [0.2, 0.25) is 0 Å². The number of carbonyl (C=O) groups is 1. The molecular formula is C11H19N3O2. The molecular weight excluding hydrogens is 206 g/mol. The van der Waals surface area contributed by atoms with Crippen LogP contribution < -0.4 is 5.32 Å². The maximum absolute atomic E-state index is 11.3. The molecule has 1 atom stereocenters. The van der Waals surface area contributed by atoms with Gasteiger partial charge in [0.2, 0.25) is 0 Å². The van der Waals surface area contributed by atoms with E-state index in [1.165, 1.54) is 0 Å². The van der Waals surface area contributed by atoms with Gasteiger partial charge in [0.15, 0.2) is 0 Å². The standard InChI is InChI=1S/C11H19N3O2/c1-4-14-7-6-12-10(14)8-13-9(3)11(15)16-5-2/h6-7,9,13H,4-5,8H2,1-3H3. The van der Waals surface area contributed by atoms with Crippen molar-refractivity contribution in [3.05, 3.63) is 18.2 Å². The highest BCUT2D eigenvalue weighted by atomic mass is 16.5. The van der Waals surface area contributed by atoms with Crippen molar-refractivity contribution in [3.63, 3.8) is 0 Å². The molecule has 0 aromatic carbocycles. The molecule has 0 spiro atoms. The third kappa shape index (κ3) is 3.34. The molecule has 0 fully saturated rings. The highest BCUT2D eigenvalue weighted by Crippen LogP contribution is 1.98. The fourth-order valence-electron chi connectivity index (χ4n) is 1.39. The molecule has 1 N–H and O–H groups in total. The summed E-state index contributed by atoms with van der Waals surface area (Å²) in [4.78, 5) is 15.6. The number of hydrogen-bond donors (Lipinski definition) is 1.